The molecule has 0 saturated heterocycles. The van der Waals surface area contributed by atoms with Crippen LogP contribution in [0.2, 0.25) is 0 Å². The minimum Gasteiger partial charge on any atom is -0.313 e. The lowest BCUT2D eigenvalue weighted by Gasteiger charge is -2.16. The summed E-state index contributed by atoms with van der Waals surface area (Å²) in [6, 6.07) is 13.1. The minimum absolute atomic E-state index is 0.277. The highest BCUT2D eigenvalue weighted by molar-refractivity contribution is 7.99. The number of carbonyl (C=O) groups is 1. The summed E-state index contributed by atoms with van der Waals surface area (Å²) in [6.45, 7) is 0. The average Bonchev–Trinajstić information content (AvgIpc) is 2.53. The summed E-state index contributed by atoms with van der Waals surface area (Å²) in [5.41, 5.74) is 2.04. The van der Waals surface area contributed by atoms with Crippen LogP contribution in [0.3, 0.4) is 0 Å². The monoisotopic (exact) mass is 301 g/mol. The molecule has 5 heteroatoms. The van der Waals surface area contributed by atoms with E-state index in [2.05, 4.69) is 5.16 Å². The van der Waals surface area contributed by atoms with Crippen LogP contribution in [0.25, 0.3) is 0 Å². The first kappa shape index (κ1) is 13.8. The van der Waals surface area contributed by atoms with Gasteiger partial charge in [-0.2, -0.15) is 0 Å². The van der Waals surface area contributed by atoms with Gasteiger partial charge in [0.25, 0.3) is 0 Å². The standard InChI is InChI=1S/C16H12FNO2S/c17-12-7-5-11(6-8-12)16(19)20-18-14-9-10-21-15-4-2-1-3-13(14)15/h1-8H,9-10H2/b18-14+. The highest BCUT2D eigenvalue weighted by Crippen LogP contribution is 2.30. The molecule has 1 heterocycles. The van der Waals surface area contributed by atoms with Gasteiger partial charge in [-0.3, -0.25) is 0 Å². The Morgan fingerprint density at radius 1 is 1.14 bits per heavy atom. The van der Waals surface area contributed by atoms with E-state index in [-0.39, 0.29) is 5.56 Å². The molecule has 0 bridgehead atoms. The van der Waals surface area contributed by atoms with Crippen LogP contribution < -0.4 is 0 Å². The molecule has 21 heavy (non-hydrogen) atoms. The highest BCUT2D eigenvalue weighted by Gasteiger charge is 2.17. The summed E-state index contributed by atoms with van der Waals surface area (Å²) < 4.78 is 12.8. The number of hydrogen-bond acceptors (Lipinski definition) is 4. The molecule has 0 atom stereocenters. The third-order valence-electron chi connectivity index (χ3n) is 3.11. The number of carbonyl (C=O) groups excluding carboxylic acids is 1. The molecule has 0 aliphatic carbocycles. The average molecular weight is 301 g/mol. The second kappa shape index (κ2) is 6.10. The molecular formula is C16H12FNO2S. The van der Waals surface area contributed by atoms with Gasteiger partial charge in [-0.15, -0.1) is 11.8 Å². The Bertz CT molecular complexity index is 698. The molecule has 0 saturated carbocycles. The zero-order chi connectivity index (χ0) is 14.7. The number of halogens is 1. The van der Waals surface area contributed by atoms with E-state index >= 15 is 0 Å². The van der Waals surface area contributed by atoms with E-state index in [4.69, 9.17) is 4.84 Å². The normalized spacial score (nSPS) is 15.6. The van der Waals surface area contributed by atoms with Crippen molar-refractivity contribution in [1.82, 2.24) is 0 Å². The molecule has 0 radical (unpaired) electrons. The Balaban J connectivity index is 1.78. The smallest absolute Gasteiger partial charge is 0.313 e. The molecule has 0 aromatic heterocycles. The second-order valence-electron chi connectivity index (χ2n) is 4.52. The Morgan fingerprint density at radius 2 is 1.90 bits per heavy atom. The topological polar surface area (TPSA) is 38.7 Å². The van der Waals surface area contributed by atoms with Gasteiger partial charge in [0.2, 0.25) is 0 Å². The molecule has 0 N–H and O–H groups in total. The lowest BCUT2D eigenvalue weighted by Crippen LogP contribution is -2.11. The molecule has 0 spiro atoms. The van der Waals surface area contributed by atoms with Crippen molar-refractivity contribution in [2.45, 2.75) is 11.3 Å². The number of benzene rings is 2. The number of hydrogen-bond donors (Lipinski definition) is 0. The molecule has 1 aliphatic rings. The fourth-order valence-electron chi connectivity index (χ4n) is 2.05. The van der Waals surface area contributed by atoms with Crippen LogP contribution in [0, 0.1) is 5.82 Å². The van der Waals surface area contributed by atoms with Gasteiger partial charge in [-0.25, -0.2) is 9.18 Å². The third-order valence-corrected chi connectivity index (χ3v) is 4.19. The number of rotatable bonds is 2. The van der Waals surface area contributed by atoms with Crippen molar-refractivity contribution in [3.63, 3.8) is 0 Å². The van der Waals surface area contributed by atoms with E-state index in [1.165, 1.54) is 24.3 Å². The third kappa shape index (κ3) is 3.13. The first-order chi connectivity index (χ1) is 10.2. The van der Waals surface area contributed by atoms with Crippen LogP contribution in [0.15, 0.2) is 58.6 Å². The van der Waals surface area contributed by atoms with Gasteiger partial charge < -0.3 is 4.84 Å². The van der Waals surface area contributed by atoms with Crippen molar-refractivity contribution < 1.29 is 14.0 Å². The van der Waals surface area contributed by atoms with E-state index in [0.717, 1.165) is 28.3 Å². The number of nitrogens with zero attached hydrogens (tertiary/aromatic N) is 1. The summed E-state index contributed by atoms with van der Waals surface area (Å²) in [5, 5.41) is 3.98. The summed E-state index contributed by atoms with van der Waals surface area (Å²) in [6.07, 6.45) is 0.748. The van der Waals surface area contributed by atoms with Crippen LogP contribution in [0.4, 0.5) is 4.39 Å². The Hall–Kier alpha value is -2.14. The summed E-state index contributed by atoms with van der Waals surface area (Å²) in [7, 11) is 0. The van der Waals surface area contributed by atoms with Crippen LogP contribution in [0.1, 0.15) is 22.3 Å². The SMILES string of the molecule is O=C(O/N=C1\CCSc2ccccc21)c1ccc(F)cc1. The molecule has 2 aromatic carbocycles. The summed E-state index contributed by atoms with van der Waals surface area (Å²) >= 11 is 1.76. The molecule has 0 fully saturated rings. The molecule has 0 unspecified atom stereocenters. The Labute approximate surface area is 125 Å². The molecule has 3 rings (SSSR count). The van der Waals surface area contributed by atoms with Gasteiger partial charge >= 0.3 is 5.97 Å². The van der Waals surface area contributed by atoms with Gasteiger partial charge in [-0.1, -0.05) is 23.4 Å². The molecule has 106 valence electrons. The zero-order valence-electron chi connectivity index (χ0n) is 11.1. The van der Waals surface area contributed by atoms with Crippen molar-refractivity contribution >= 4 is 23.4 Å². The molecule has 0 amide bonds. The van der Waals surface area contributed by atoms with E-state index in [1.807, 2.05) is 24.3 Å². The molecular weight excluding hydrogens is 289 g/mol. The highest BCUT2D eigenvalue weighted by atomic mass is 32.2. The Morgan fingerprint density at radius 3 is 2.71 bits per heavy atom. The maximum Gasteiger partial charge on any atom is 0.365 e. The maximum absolute atomic E-state index is 12.8. The lowest BCUT2D eigenvalue weighted by molar-refractivity contribution is 0.0515. The fraction of sp³-hybridized carbons (Fsp3) is 0.125. The van der Waals surface area contributed by atoms with Crippen molar-refractivity contribution in [3.05, 3.63) is 65.5 Å². The number of fused-ring (bicyclic) bond motifs is 1. The maximum atomic E-state index is 12.8. The molecule has 1 aliphatic heterocycles. The van der Waals surface area contributed by atoms with Gasteiger partial charge in [0.05, 0.1) is 11.3 Å². The van der Waals surface area contributed by atoms with E-state index in [9.17, 15) is 9.18 Å². The molecule has 3 nitrogen and oxygen atoms in total. The van der Waals surface area contributed by atoms with Crippen LogP contribution in [-0.4, -0.2) is 17.4 Å². The zero-order valence-corrected chi connectivity index (χ0v) is 11.9. The first-order valence-corrected chi connectivity index (χ1v) is 7.48. The predicted octanol–water partition coefficient (Wildman–Crippen LogP) is 3.88. The van der Waals surface area contributed by atoms with Crippen molar-refractivity contribution in [3.8, 4) is 0 Å². The van der Waals surface area contributed by atoms with Crippen molar-refractivity contribution in [2.75, 3.05) is 5.75 Å². The molecule has 2 aromatic rings. The van der Waals surface area contributed by atoms with E-state index in [0.29, 0.717) is 0 Å². The predicted molar refractivity (Wildman–Crippen MR) is 80.1 cm³/mol. The van der Waals surface area contributed by atoms with Crippen molar-refractivity contribution in [1.29, 1.82) is 0 Å². The van der Waals surface area contributed by atoms with Crippen LogP contribution in [0.5, 0.6) is 0 Å². The first-order valence-electron chi connectivity index (χ1n) is 6.50. The number of thioether (sulfide) groups is 1. The largest absolute Gasteiger partial charge is 0.365 e. The van der Waals surface area contributed by atoms with Gasteiger partial charge in [0.1, 0.15) is 5.82 Å². The summed E-state index contributed by atoms with van der Waals surface area (Å²) in [4.78, 5) is 18.0. The van der Waals surface area contributed by atoms with Gasteiger partial charge in [0, 0.05) is 22.6 Å². The van der Waals surface area contributed by atoms with Gasteiger partial charge in [0.15, 0.2) is 0 Å². The van der Waals surface area contributed by atoms with Gasteiger partial charge in [-0.05, 0) is 30.3 Å². The van der Waals surface area contributed by atoms with Crippen LogP contribution in [-0.2, 0) is 4.84 Å². The fourth-order valence-corrected chi connectivity index (χ4v) is 3.08. The number of oxime groups is 1. The van der Waals surface area contributed by atoms with E-state index < -0.39 is 11.8 Å². The Kier molecular flexibility index (Phi) is 4.01. The van der Waals surface area contributed by atoms with Crippen LogP contribution >= 0.6 is 11.8 Å². The second-order valence-corrected chi connectivity index (χ2v) is 5.65. The minimum atomic E-state index is -0.585. The van der Waals surface area contributed by atoms with E-state index in [1.54, 1.807) is 11.8 Å². The van der Waals surface area contributed by atoms with Crippen molar-refractivity contribution in [2.24, 2.45) is 5.16 Å². The lowest BCUT2D eigenvalue weighted by atomic mass is 10.1. The quantitative estimate of drug-likeness (QED) is 0.624. The summed E-state index contributed by atoms with van der Waals surface area (Å²) in [5.74, 6) is -0.0708.